The molecule has 0 unspecified atom stereocenters. The van der Waals surface area contributed by atoms with Crippen LogP contribution in [0.15, 0.2) is 24.5 Å². The van der Waals surface area contributed by atoms with Gasteiger partial charge in [0.1, 0.15) is 10.6 Å². The fourth-order valence-corrected chi connectivity index (χ4v) is 4.10. The smallest absolute Gasteiger partial charge is 0.225 e. The van der Waals surface area contributed by atoms with E-state index >= 15 is 0 Å². The van der Waals surface area contributed by atoms with Gasteiger partial charge in [-0.2, -0.15) is 4.98 Å². The van der Waals surface area contributed by atoms with Gasteiger partial charge in [-0.3, -0.25) is 0 Å². The van der Waals surface area contributed by atoms with Crippen molar-refractivity contribution in [2.45, 2.75) is 13.3 Å². The average molecular weight is 361 g/mol. The fraction of sp³-hybridized carbons (Fsp3) is 0.375. The highest BCUT2D eigenvalue weighted by atomic mass is 35.5. The van der Waals surface area contributed by atoms with E-state index in [0.29, 0.717) is 5.28 Å². The Morgan fingerprint density at radius 1 is 1.08 bits per heavy atom. The largest absolute Gasteiger partial charge is 0.352 e. The predicted molar refractivity (Wildman–Crippen MR) is 98.3 cm³/mol. The van der Waals surface area contributed by atoms with Crippen molar-refractivity contribution in [3.63, 3.8) is 0 Å². The number of anilines is 2. The van der Waals surface area contributed by atoms with Crippen LogP contribution < -0.4 is 9.80 Å². The van der Waals surface area contributed by atoms with Crippen LogP contribution in [0.5, 0.6) is 0 Å². The molecular formula is C16H17ClN6S. The highest BCUT2D eigenvalue weighted by Crippen LogP contribution is 2.32. The highest BCUT2D eigenvalue weighted by Gasteiger charge is 2.22. The third-order valence-corrected chi connectivity index (χ3v) is 5.50. The van der Waals surface area contributed by atoms with E-state index in [1.54, 1.807) is 23.7 Å². The predicted octanol–water partition coefficient (Wildman–Crippen LogP) is 3.02. The Morgan fingerprint density at radius 3 is 2.50 bits per heavy atom. The molecule has 6 nitrogen and oxygen atoms in total. The Labute approximate surface area is 149 Å². The van der Waals surface area contributed by atoms with Gasteiger partial charge >= 0.3 is 0 Å². The Bertz CT molecular complexity index is 844. The number of nitrogens with zero attached hydrogens (tertiary/aromatic N) is 6. The van der Waals surface area contributed by atoms with Gasteiger partial charge in [0.05, 0.1) is 5.39 Å². The standard InChI is InChI=1S/C16H17ClN6S/c1-2-11-10-12-13(20-15(17)21-14(12)24-11)22-6-8-23(9-7-22)16-18-4-3-5-19-16/h3-5,10H,2,6-9H2,1H3. The van der Waals surface area contributed by atoms with Crippen LogP contribution in [0.25, 0.3) is 10.2 Å². The molecule has 0 N–H and O–H groups in total. The topological polar surface area (TPSA) is 58.0 Å². The van der Waals surface area contributed by atoms with Crippen molar-refractivity contribution in [3.8, 4) is 0 Å². The first-order chi connectivity index (χ1) is 11.7. The lowest BCUT2D eigenvalue weighted by molar-refractivity contribution is 0.636. The molecule has 0 saturated carbocycles. The summed E-state index contributed by atoms with van der Waals surface area (Å²) in [6.45, 7) is 5.59. The maximum absolute atomic E-state index is 6.15. The van der Waals surface area contributed by atoms with Crippen molar-refractivity contribution in [2.24, 2.45) is 0 Å². The third kappa shape index (κ3) is 2.89. The summed E-state index contributed by atoms with van der Waals surface area (Å²) in [6, 6.07) is 4.03. The molecule has 3 aromatic rings. The molecule has 4 heterocycles. The van der Waals surface area contributed by atoms with Crippen molar-refractivity contribution < 1.29 is 0 Å². The van der Waals surface area contributed by atoms with Gasteiger partial charge in [-0.1, -0.05) is 6.92 Å². The number of piperazine rings is 1. The molecule has 124 valence electrons. The Morgan fingerprint density at radius 2 is 1.79 bits per heavy atom. The molecule has 24 heavy (non-hydrogen) atoms. The van der Waals surface area contributed by atoms with Crippen LogP contribution in [0.1, 0.15) is 11.8 Å². The number of thiophene rings is 1. The first-order valence-electron chi connectivity index (χ1n) is 7.97. The average Bonchev–Trinajstić information content (AvgIpc) is 3.05. The summed E-state index contributed by atoms with van der Waals surface area (Å²) in [7, 11) is 0. The Balaban J connectivity index is 1.59. The summed E-state index contributed by atoms with van der Waals surface area (Å²) >= 11 is 7.84. The zero-order chi connectivity index (χ0) is 16.5. The van der Waals surface area contributed by atoms with Crippen LogP contribution in [0.3, 0.4) is 0 Å². The van der Waals surface area contributed by atoms with Crippen molar-refractivity contribution in [2.75, 3.05) is 36.0 Å². The molecule has 0 aliphatic carbocycles. The van der Waals surface area contributed by atoms with Crippen molar-refractivity contribution in [1.82, 2.24) is 19.9 Å². The second kappa shape index (κ2) is 6.49. The van der Waals surface area contributed by atoms with Crippen LogP contribution in [0, 0.1) is 0 Å². The quantitative estimate of drug-likeness (QED) is 0.669. The summed E-state index contributed by atoms with van der Waals surface area (Å²) < 4.78 is 0. The number of halogens is 1. The van der Waals surface area contributed by atoms with E-state index in [1.165, 1.54) is 4.88 Å². The number of aryl methyl sites for hydroxylation is 1. The normalized spacial score (nSPS) is 15.2. The van der Waals surface area contributed by atoms with Crippen molar-refractivity contribution in [3.05, 3.63) is 34.7 Å². The van der Waals surface area contributed by atoms with Crippen molar-refractivity contribution >= 4 is 44.9 Å². The fourth-order valence-electron chi connectivity index (χ4n) is 2.92. The zero-order valence-electron chi connectivity index (χ0n) is 13.3. The maximum atomic E-state index is 6.15. The van der Waals surface area contributed by atoms with Gasteiger partial charge in [0.25, 0.3) is 0 Å². The van der Waals surface area contributed by atoms with E-state index in [4.69, 9.17) is 11.6 Å². The second-order valence-corrected chi connectivity index (χ2v) is 7.08. The van der Waals surface area contributed by atoms with Crippen LogP contribution in [-0.2, 0) is 6.42 Å². The molecule has 1 fully saturated rings. The molecule has 3 aromatic heterocycles. The summed E-state index contributed by atoms with van der Waals surface area (Å²) in [6.07, 6.45) is 4.55. The summed E-state index contributed by atoms with van der Waals surface area (Å²) in [4.78, 5) is 24.3. The Kier molecular flexibility index (Phi) is 4.20. The van der Waals surface area contributed by atoms with Crippen LogP contribution >= 0.6 is 22.9 Å². The summed E-state index contributed by atoms with van der Waals surface area (Å²) in [5.41, 5.74) is 0. The monoisotopic (exact) mass is 360 g/mol. The minimum Gasteiger partial charge on any atom is -0.352 e. The number of hydrogen-bond acceptors (Lipinski definition) is 7. The van der Waals surface area contributed by atoms with Gasteiger partial charge in [0.2, 0.25) is 11.2 Å². The minimum atomic E-state index is 0.316. The van der Waals surface area contributed by atoms with E-state index in [2.05, 4.69) is 42.7 Å². The molecule has 8 heteroatoms. The van der Waals surface area contributed by atoms with Crippen LogP contribution in [-0.4, -0.2) is 46.1 Å². The molecule has 1 aliphatic rings. The molecule has 0 aromatic carbocycles. The lowest BCUT2D eigenvalue weighted by atomic mass is 10.2. The van der Waals surface area contributed by atoms with Gasteiger partial charge in [0, 0.05) is 43.4 Å². The Hall–Kier alpha value is -1.99. The van der Waals surface area contributed by atoms with E-state index < -0.39 is 0 Å². The van der Waals surface area contributed by atoms with E-state index in [-0.39, 0.29) is 0 Å². The van der Waals surface area contributed by atoms with Gasteiger partial charge < -0.3 is 9.80 Å². The lowest BCUT2D eigenvalue weighted by Gasteiger charge is -2.35. The molecule has 0 amide bonds. The van der Waals surface area contributed by atoms with Gasteiger partial charge in [-0.05, 0) is 30.2 Å². The van der Waals surface area contributed by atoms with E-state index in [9.17, 15) is 0 Å². The molecule has 0 bridgehead atoms. The van der Waals surface area contributed by atoms with Gasteiger partial charge in [0.15, 0.2) is 0 Å². The molecule has 0 spiro atoms. The van der Waals surface area contributed by atoms with Gasteiger partial charge in [-0.15, -0.1) is 11.3 Å². The zero-order valence-corrected chi connectivity index (χ0v) is 14.9. The number of aromatic nitrogens is 4. The van der Waals surface area contributed by atoms with E-state index in [1.807, 2.05) is 6.07 Å². The number of hydrogen-bond donors (Lipinski definition) is 0. The van der Waals surface area contributed by atoms with Crippen molar-refractivity contribution in [1.29, 1.82) is 0 Å². The van der Waals surface area contributed by atoms with Crippen LogP contribution in [0.2, 0.25) is 5.28 Å². The molecular weight excluding hydrogens is 344 g/mol. The van der Waals surface area contributed by atoms with Crippen LogP contribution in [0.4, 0.5) is 11.8 Å². The highest BCUT2D eigenvalue weighted by molar-refractivity contribution is 7.18. The third-order valence-electron chi connectivity index (χ3n) is 4.16. The SMILES string of the molecule is CCc1cc2c(N3CCN(c4ncccn4)CC3)nc(Cl)nc2s1. The number of rotatable bonds is 3. The lowest BCUT2D eigenvalue weighted by Crippen LogP contribution is -2.47. The summed E-state index contributed by atoms with van der Waals surface area (Å²) in [5.74, 6) is 1.72. The van der Waals surface area contributed by atoms with E-state index in [0.717, 1.165) is 54.6 Å². The molecule has 4 rings (SSSR count). The molecule has 0 radical (unpaired) electrons. The maximum Gasteiger partial charge on any atom is 0.225 e. The molecule has 1 saturated heterocycles. The minimum absolute atomic E-state index is 0.316. The first kappa shape index (κ1) is 15.5. The molecule has 0 atom stereocenters. The number of fused-ring (bicyclic) bond motifs is 1. The first-order valence-corrected chi connectivity index (χ1v) is 9.17. The second-order valence-electron chi connectivity index (χ2n) is 5.62. The summed E-state index contributed by atoms with van der Waals surface area (Å²) in [5, 5.41) is 1.42. The molecule has 1 aliphatic heterocycles. The van der Waals surface area contributed by atoms with Gasteiger partial charge in [-0.25, -0.2) is 15.0 Å².